The Morgan fingerprint density at radius 1 is 1.05 bits per heavy atom. The molecule has 0 radical (unpaired) electrons. The van der Waals surface area contributed by atoms with E-state index in [1.807, 2.05) is 73.2 Å². The first-order valence-electron chi connectivity index (χ1n) is 13.0. The van der Waals surface area contributed by atoms with Crippen molar-refractivity contribution in [1.29, 1.82) is 0 Å². The minimum atomic E-state index is -0.672. The Hall–Kier alpha value is -5.58. The molecule has 0 unspecified atom stereocenters. The third kappa shape index (κ3) is 4.52. The summed E-state index contributed by atoms with van der Waals surface area (Å²) >= 11 is 0. The Bertz CT molecular complexity index is 2020. The summed E-state index contributed by atoms with van der Waals surface area (Å²) in [6, 6.07) is 15.8. The van der Waals surface area contributed by atoms with Crippen LogP contribution in [0.4, 0.5) is 5.82 Å². The lowest BCUT2D eigenvalue weighted by Crippen LogP contribution is -2.33. The number of carbonyl (C=O) groups is 1. The van der Waals surface area contributed by atoms with Crippen LogP contribution in [0.15, 0.2) is 78.0 Å². The number of benzene rings is 2. The van der Waals surface area contributed by atoms with Crippen LogP contribution >= 0.6 is 0 Å². The van der Waals surface area contributed by atoms with E-state index in [4.69, 9.17) is 10.7 Å². The van der Waals surface area contributed by atoms with Gasteiger partial charge in [-0.3, -0.25) is 14.2 Å². The molecule has 6 rings (SSSR count). The van der Waals surface area contributed by atoms with E-state index in [1.54, 1.807) is 37.6 Å². The molecule has 0 aliphatic rings. The number of aryl methyl sites for hydroxylation is 1. The summed E-state index contributed by atoms with van der Waals surface area (Å²) in [6.07, 6.45) is 8.83. The van der Waals surface area contributed by atoms with Gasteiger partial charge in [-0.25, -0.2) is 19.5 Å². The summed E-state index contributed by atoms with van der Waals surface area (Å²) in [5, 5.41) is 7.59. The largest absolute Gasteiger partial charge is 0.381 e. The van der Waals surface area contributed by atoms with Crippen LogP contribution in [0.25, 0.3) is 34.4 Å². The second-order valence-corrected chi connectivity index (χ2v) is 9.65. The molecule has 0 aliphatic carbocycles. The number of aromatic nitrogens is 7. The Labute approximate surface area is 234 Å². The van der Waals surface area contributed by atoms with Gasteiger partial charge in [0.15, 0.2) is 11.5 Å². The second-order valence-electron chi connectivity index (χ2n) is 9.65. The first-order valence-corrected chi connectivity index (χ1v) is 13.0. The first-order chi connectivity index (χ1) is 19.8. The number of amides is 1. The quantitative estimate of drug-likeness (QED) is 0.325. The SMILES string of the molecule is Cc1ncc(/C=C/c2cccc3nc([C@@H](C)NC(=O)c4c(N)nn5cccnc45)n(-c4ccccc4)c(=O)c23)n1C. The normalized spacial score (nSPS) is 12.4. The Morgan fingerprint density at radius 2 is 1.85 bits per heavy atom. The van der Waals surface area contributed by atoms with Crippen molar-refractivity contribution in [3.05, 3.63) is 112 Å². The van der Waals surface area contributed by atoms with Gasteiger partial charge in [0.2, 0.25) is 0 Å². The highest BCUT2D eigenvalue weighted by Gasteiger charge is 2.24. The molecule has 0 aliphatic heterocycles. The highest BCUT2D eigenvalue weighted by atomic mass is 16.2. The van der Waals surface area contributed by atoms with E-state index in [1.165, 1.54) is 9.08 Å². The molecule has 0 bridgehead atoms. The number of carbonyl (C=O) groups excluding carboxylic acids is 1. The number of hydrogen-bond acceptors (Lipinski definition) is 7. The van der Waals surface area contributed by atoms with Gasteiger partial charge in [0, 0.05) is 19.4 Å². The van der Waals surface area contributed by atoms with Gasteiger partial charge in [-0.2, -0.15) is 0 Å². The first kappa shape index (κ1) is 25.7. The van der Waals surface area contributed by atoms with Crippen molar-refractivity contribution in [1.82, 2.24) is 39.0 Å². The molecule has 1 atom stereocenters. The van der Waals surface area contributed by atoms with Crippen molar-refractivity contribution in [2.24, 2.45) is 7.05 Å². The number of nitrogens with one attached hydrogen (secondary N) is 1. The van der Waals surface area contributed by atoms with Gasteiger partial charge in [0.1, 0.15) is 17.2 Å². The molecule has 11 heteroatoms. The molecule has 6 aromatic rings. The zero-order valence-corrected chi connectivity index (χ0v) is 22.7. The topological polar surface area (TPSA) is 138 Å². The van der Waals surface area contributed by atoms with Gasteiger partial charge < -0.3 is 15.6 Å². The summed E-state index contributed by atoms with van der Waals surface area (Å²) in [6.45, 7) is 3.70. The highest BCUT2D eigenvalue weighted by Crippen LogP contribution is 2.23. The maximum Gasteiger partial charge on any atom is 0.266 e. The van der Waals surface area contributed by atoms with Crippen LogP contribution in [0.3, 0.4) is 0 Å². The van der Waals surface area contributed by atoms with Crippen molar-refractivity contribution in [3.63, 3.8) is 0 Å². The van der Waals surface area contributed by atoms with Crippen molar-refractivity contribution in [2.45, 2.75) is 19.9 Å². The van der Waals surface area contributed by atoms with Crippen LogP contribution in [0.2, 0.25) is 0 Å². The van der Waals surface area contributed by atoms with Crippen LogP contribution in [0, 0.1) is 6.92 Å². The third-order valence-electron chi connectivity index (χ3n) is 7.04. The predicted molar refractivity (Wildman–Crippen MR) is 157 cm³/mol. The van der Waals surface area contributed by atoms with Crippen LogP contribution in [-0.2, 0) is 7.05 Å². The zero-order valence-electron chi connectivity index (χ0n) is 22.7. The molecule has 2 aromatic carbocycles. The average molecular weight is 546 g/mol. The van der Waals surface area contributed by atoms with Gasteiger partial charge in [-0.15, -0.1) is 5.10 Å². The molecule has 1 amide bonds. The summed E-state index contributed by atoms with van der Waals surface area (Å²) in [5.41, 5.74) is 9.07. The lowest BCUT2D eigenvalue weighted by molar-refractivity contribution is 0.0940. The van der Waals surface area contributed by atoms with Crippen molar-refractivity contribution in [3.8, 4) is 5.69 Å². The molecule has 0 spiro atoms. The van der Waals surface area contributed by atoms with E-state index >= 15 is 0 Å². The Balaban J connectivity index is 1.47. The standard InChI is InChI=1S/C30H27N9O2/c1-18(34-29(40)25-26(31)36-38-16-8-15-32-28(25)38)27-35-23-12-7-9-20(13-14-22-17-33-19(2)37(22)3)24(23)30(41)39(27)21-10-5-4-6-11-21/h4-18H,1-3H3,(H2,31,36)(H,34,40)/b14-13+/t18-/m1/s1. The highest BCUT2D eigenvalue weighted by molar-refractivity contribution is 6.04. The van der Waals surface area contributed by atoms with Gasteiger partial charge >= 0.3 is 0 Å². The average Bonchev–Trinajstić information content (AvgIpc) is 3.49. The maximum atomic E-state index is 14.2. The summed E-state index contributed by atoms with van der Waals surface area (Å²) in [5.74, 6) is 0.840. The maximum absolute atomic E-state index is 14.2. The van der Waals surface area contributed by atoms with E-state index in [9.17, 15) is 9.59 Å². The van der Waals surface area contributed by atoms with E-state index < -0.39 is 11.9 Å². The van der Waals surface area contributed by atoms with Crippen molar-refractivity contribution in [2.75, 3.05) is 5.73 Å². The molecule has 4 aromatic heterocycles. The molecule has 0 saturated carbocycles. The number of rotatable bonds is 6. The van der Waals surface area contributed by atoms with Crippen LogP contribution in [0.5, 0.6) is 0 Å². The van der Waals surface area contributed by atoms with Gasteiger partial charge in [0.25, 0.3) is 11.5 Å². The molecule has 41 heavy (non-hydrogen) atoms. The Kier molecular flexibility index (Phi) is 6.38. The molecular formula is C30H27N9O2. The molecule has 3 N–H and O–H groups in total. The predicted octanol–water partition coefficient (Wildman–Crippen LogP) is 3.71. The number of nitrogens with zero attached hydrogens (tertiary/aromatic N) is 7. The lowest BCUT2D eigenvalue weighted by atomic mass is 10.1. The molecular weight excluding hydrogens is 518 g/mol. The van der Waals surface area contributed by atoms with Gasteiger partial charge in [-0.05, 0) is 49.8 Å². The molecule has 204 valence electrons. The number of anilines is 1. The smallest absolute Gasteiger partial charge is 0.266 e. The van der Waals surface area contributed by atoms with Gasteiger partial charge in [-0.1, -0.05) is 36.4 Å². The fourth-order valence-electron chi connectivity index (χ4n) is 4.83. The molecule has 0 fully saturated rings. The van der Waals surface area contributed by atoms with E-state index in [0.29, 0.717) is 28.1 Å². The van der Waals surface area contributed by atoms with Crippen LogP contribution in [0.1, 0.15) is 46.2 Å². The molecule has 11 nitrogen and oxygen atoms in total. The summed E-state index contributed by atoms with van der Waals surface area (Å²) in [7, 11) is 1.94. The zero-order chi connectivity index (χ0) is 28.7. The lowest BCUT2D eigenvalue weighted by Gasteiger charge is -2.20. The van der Waals surface area contributed by atoms with Gasteiger partial charge in [0.05, 0.1) is 34.5 Å². The number of hydrogen-bond donors (Lipinski definition) is 2. The number of nitrogen functional groups attached to an aromatic ring is 1. The summed E-state index contributed by atoms with van der Waals surface area (Å²) in [4.78, 5) is 41.1. The minimum absolute atomic E-state index is 0.0559. The van der Waals surface area contributed by atoms with E-state index in [2.05, 4.69) is 20.4 Å². The number of fused-ring (bicyclic) bond motifs is 2. The fourth-order valence-corrected chi connectivity index (χ4v) is 4.83. The molecule has 0 saturated heterocycles. The van der Waals surface area contributed by atoms with E-state index in [-0.39, 0.29) is 16.9 Å². The second kappa shape index (κ2) is 10.2. The fraction of sp³-hybridized carbons (Fsp3) is 0.133. The summed E-state index contributed by atoms with van der Waals surface area (Å²) < 4.78 is 4.96. The van der Waals surface area contributed by atoms with Crippen LogP contribution in [-0.4, -0.2) is 39.6 Å². The number of para-hydroxylation sites is 1. The van der Waals surface area contributed by atoms with Crippen LogP contribution < -0.4 is 16.6 Å². The third-order valence-corrected chi connectivity index (χ3v) is 7.04. The Morgan fingerprint density at radius 3 is 2.61 bits per heavy atom. The number of imidazole rings is 1. The van der Waals surface area contributed by atoms with Crippen molar-refractivity contribution >= 4 is 40.4 Å². The minimum Gasteiger partial charge on any atom is -0.381 e. The van der Waals surface area contributed by atoms with E-state index in [0.717, 1.165) is 17.1 Å². The molecule has 4 heterocycles. The van der Waals surface area contributed by atoms with Crippen molar-refractivity contribution < 1.29 is 4.79 Å². The number of nitrogens with two attached hydrogens (primary N) is 1. The monoisotopic (exact) mass is 545 g/mol.